The Morgan fingerprint density at radius 3 is 2.00 bits per heavy atom. The first-order valence-corrected chi connectivity index (χ1v) is 6.35. The Morgan fingerprint density at radius 1 is 1.18 bits per heavy atom. The molecule has 0 aromatic carbocycles. The topological polar surface area (TPSA) is 27.7 Å². The van der Waals surface area contributed by atoms with E-state index in [4.69, 9.17) is 4.43 Å². The third kappa shape index (κ3) is 25.1. The number of rotatable bonds is 5. The van der Waals surface area contributed by atoms with Crippen LogP contribution in [0.4, 0.5) is 0 Å². The summed E-state index contributed by atoms with van der Waals surface area (Å²) in [5, 5.41) is 0. The van der Waals surface area contributed by atoms with Crippen molar-refractivity contribution in [1.29, 1.82) is 0 Å². The van der Waals surface area contributed by atoms with E-state index in [9.17, 15) is 0 Å². The molecule has 0 amide bonds. The maximum Gasteiger partial charge on any atom is 0.161 e. The molecule has 0 radical (unpaired) electrons. The second kappa shape index (κ2) is 16.8. The molecule has 0 bridgehead atoms. The average molecular weight is 198 g/mol. The van der Waals surface area contributed by atoms with Crippen molar-refractivity contribution in [3.63, 3.8) is 0 Å². The van der Waals surface area contributed by atoms with Crippen LogP contribution in [-0.2, 0) is 14.2 Å². The molecule has 0 heterocycles. The minimum atomic E-state index is -0.110. The molecule has 0 saturated carbocycles. The summed E-state index contributed by atoms with van der Waals surface area (Å²) < 4.78 is 4.97. The molecule has 0 aliphatic carbocycles. The fraction of sp³-hybridized carbons (Fsp3) is 1.00. The molecular formula is C6H18O3SSi. The minimum Gasteiger partial charge on any atom is -0.427 e. The summed E-state index contributed by atoms with van der Waals surface area (Å²) >= 11 is 1.90. The van der Waals surface area contributed by atoms with Gasteiger partial charge >= 0.3 is 0 Å². The summed E-state index contributed by atoms with van der Waals surface area (Å²) in [5.41, 5.74) is 0. The van der Waals surface area contributed by atoms with Crippen LogP contribution < -0.4 is 0 Å². The first-order chi connectivity index (χ1) is 5.33. The summed E-state index contributed by atoms with van der Waals surface area (Å²) in [6.45, 7) is 0. The van der Waals surface area contributed by atoms with Crippen molar-refractivity contribution in [3.8, 4) is 0 Å². The van der Waals surface area contributed by atoms with Gasteiger partial charge in [0, 0.05) is 7.11 Å². The summed E-state index contributed by atoms with van der Waals surface area (Å²) in [6.07, 6.45) is 2.13. The van der Waals surface area contributed by atoms with Crippen molar-refractivity contribution < 1.29 is 14.2 Å². The molecular weight excluding hydrogens is 180 g/mol. The Bertz CT molecular complexity index is 51.1. The van der Waals surface area contributed by atoms with Crippen molar-refractivity contribution in [1.82, 2.24) is 0 Å². The lowest BCUT2D eigenvalue weighted by molar-refractivity contribution is -0.248. The Hall–Kier alpha value is 0.447. The van der Waals surface area contributed by atoms with E-state index in [2.05, 4.69) is 16.0 Å². The zero-order valence-corrected chi connectivity index (χ0v) is 9.99. The molecule has 0 spiro atoms. The number of hydrogen-bond donors (Lipinski definition) is 0. The molecule has 0 N–H and O–H groups in total. The summed E-state index contributed by atoms with van der Waals surface area (Å²) in [6, 6.07) is 1.32. The monoisotopic (exact) mass is 198 g/mol. The van der Waals surface area contributed by atoms with Gasteiger partial charge in [-0.2, -0.15) is 11.8 Å². The van der Waals surface area contributed by atoms with E-state index < -0.39 is 0 Å². The highest BCUT2D eigenvalue weighted by Crippen LogP contribution is 1.93. The zero-order valence-electron chi connectivity index (χ0n) is 7.75. The average Bonchev–Trinajstić information content (AvgIpc) is 2.06. The minimum absolute atomic E-state index is 0.110. The molecule has 0 aliphatic rings. The van der Waals surface area contributed by atoms with Crippen molar-refractivity contribution in [2.75, 3.05) is 33.3 Å². The lowest BCUT2D eigenvalue weighted by atomic mass is 11.0. The predicted molar refractivity (Wildman–Crippen MR) is 52.8 cm³/mol. The predicted octanol–water partition coefficient (Wildman–Crippen LogP) is 0.692. The van der Waals surface area contributed by atoms with Gasteiger partial charge in [0.05, 0.1) is 14.2 Å². The zero-order chi connectivity index (χ0) is 8.95. The van der Waals surface area contributed by atoms with Gasteiger partial charge in [0.2, 0.25) is 0 Å². The lowest BCUT2D eigenvalue weighted by Gasteiger charge is -1.91. The fourth-order valence-corrected chi connectivity index (χ4v) is 2.26. The van der Waals surface area contributed by atoms with Crippen molar-refractivity contribution in [2.45, 2.75) is 6.04 Å². The quantitative estimate of drug-likeness (QED) is 0.281. The maximum atomic E-state index is 4.97. The van der Waals surface area contributed by atoms with E-state index in [1.54, 1.807) is 7.11 Å². The second-order valence-corrected chi connectivity index (χ2v) is 4.35. The molecule has 0 aromatic rings. The van der Waals surface area contributed by atoms with Crippen molar-refractivity contribution in [3.05, 3.63) is 0 Å². The normalized spacial score (nSPS) is 9.82. The molecule has 0 aromatic heterocycles. The standard InChI is InChI=1S/C4H12OSSi.C2H6O2/c1-5-7-4-3-6-2;1-3-4-2/h3-4,7H2,1-2H3;1-2H3. The van der Waals surface area contributed by atoms with Crippen LogP contribution in [0.25, 0.3) is 0 Å². The van der Waals surface area contributed by atoms with Crippen molar-refractivity contribution >= 4 is 21.5 Å². The van der Waals surface area contributed by atoms with Gasteiger partial charge in [0.25, 0.3) is 0 Å². The molecule has 0 atom stereocenters. The summed E-state index contributed by atoms with van der Waals surface area (Å²) in [4.78, 5) is 8.08. The van der Waals surface area contributed by atoms with Crippen LogP contribution in [0.3, 0.4) is 0 Å². The molecule has 0 aliphatic heterocycles. The van der Waals surface area contributed by atoms with Crippen LogP contribution >= 0.6 is 11.8 Å². The molecule has 0 unspecified atom stereocenters. The van der Waals surface area contributed by atoms with Crippen LogP contribution in [-0.4, -0.2) is 43.1 Å². The molecule has 11 heavy (non-hydrogen) atoms. The maximum absolute atomic E-state index is 4.97. The van der Waals surface area contributed by atoms with Gasteiger partial charge in [0.15, 0.2) is 9.76 Å². The van der Waals surface area contributed by atoms with Gasteiger partial charge in [-0.05, 0) is 18.1 Å². The smallest absolute Gasteiger partial charge is 0.161 e. The van der Waals surface area contributed by atoms with Gasteiger partial charge < -0.3 is 4.43 Å². The van der Waals surface area contributed by atoms with E-state index in [0.29, 0.717) is 0 Å². The number of thioether (sulfide) groups is 1. The van der Waals surface area contributed by atoms with E-state index in [1.165, 1.54) is 26.0 Å². The van der Waals surface area contributed by atoms with Crippen LogP contribution in [0.5, 0.6) is 0 Å². The summed E-state index contributed by atoms with van der Waals surface area (Å²) in [7, 11) is 4.60. The van der Waals surface area contributed by atoms with Crippen molar-refractivity contribution in [2.24, 2.45) is 0 Å². The Labute approximate surface area is 75.7 Å². The largest absolute Gasteiger partial charge is 0.427 e. The molecule has 0 rings (SSSR count). The Balaban J connectivity index is 0. The highest BCUT2D eigenvalue weighted by Gasteiger charge is 1.81. The molecule has 5 heteroatoms. The van der Waals surface area contributed by atoms with E-state index in [-0.39, 0.29) is 9.76 Å². The third-order valence-electron chi connectivity index (χ3n) is 0.864. The molecule has 0 saturated heterocycles. The van der Waals surface area contributed by atoms with E-state index in [1.807, 2.05) is 11.8 Å². The van der Waals surface area contributed by atoms with E-state index in [0.717, 1.165) is 0 Å². The molecule has 0 fully saturated rings. The van der Waals surface area contributed by atoms with Crippen LogP contribution in [0.2, 0.25) is 6.04 Å². The van der Waals surface area contributed by atoms with Gasteiger partial charge in [-0.25, -0.2) is 9.78 Å². The first kappa shape index (κ1) is 14.0. The van der Waals surface area contributed by atoms with Gasteiger partial charge in [0.1, 0.15) is 0 Å². The number of hydrogen-bond acceptors (Lipinski definition) is 4. The Morgan fingerprint density at radius 2 is 1.73 bits per heavy atom. The van der Waals surface area contributed by atoms with Crippen LogP contribution in [0.1, 0.15) is 0 Å². The molecule has 3 nitrogen and oxygen atoms in total. The van der Waals surface area contributed by atoms with Gasteiger partial charge in [-0.1, -0.05) is 0 Å². The highest BCUT2D eigenvalue weighted by atomic mass is 32.2. The lowest BCUT2D eigenvalue weighted by Crippen LogP contribution is -1.92. The Kier molecular flexibility index (Phi) is 21.4. The third-order valence-corrected chi connectivity index (χ3v) is 3.12. The van der Waals surface area contributed by atoms with E-state index >= 15 is 0 Å². The molecule has 70 valence electrons. The summed E-state index contributed by atoms with van der Waals surface area (Å²) in [5.74, 6) is 1.28. The second-order valence-electron chi connectivity index (χ2n) is 1.67. The van der Waals surface area contributed by atoms with Gasteiger partial charge in [-0.15, -0.1) is 0 Å². The SMILES string of the molecule is COOC.CO[SiH2]CCSC. The van der Waals surface area contributed by atoms with Gasteiger partial charge in [-0.3, -0.25) is 0 Å². The fourth-order valence-electron chi connectivity index (χ4n) is 0.348. The first-order valence-electron chi connectivity index (χ1n) is 3.38. The van der Waals surface area contributed by atoms with Crippen LogP contribution in [0.15, 0.2) is 0 Å². The van der Waals surface area contributed by atoms with Crippen LogP contribution in [0, 0.1) is 0 Å². The highest BCUT2D eigenvalue weighted by molar-refractivity contribution is 7.98.